The van der Waals surface area contributed by atoms with Crippen LogP contribution in [0.1, 0.15) is 18.9 Å². The van der Waals surface area contributed by atoms with Gasteiger partial charge in [-0.25, -0.2) is 8.78 Å². The van der Waals surface area contributed by atoms with Crippen LogP contribution in [0.2, 0.25) is 0 Å². The molecule has 33 heavy (non-hydrogen) atoms. The highest BCUT2D eigenvalue weighted by atomic mass is 127. The SMILES string of the molecule is CCOc1c(OC)cc(CNC(=NC)NC2CCN(c3c(F)cccc3F)C2)cc1OC.I. The lowest BCUT2D eigenvalue weighted by molar-refractivity contribution is 0.288. The largest absolute Gasteiger partial charge is 0.493 e. The van der Waals surface area contributed by atoms with Gasteiger partial charge in [0.2, 0.25) is 5.75 Å². The zero-order valence-electron chi connectivity index (χ0n) is 19.3. The number of para-hydroxylation sites is 1. The van der Waals surface area contributed by atoms with Crippen molar-refractivity contribution in [2.24, 2.45) is 4.99 Å². The summed E-state index contributed by atoms with van der Waals surface area (Å²) in [6.45, 7) is 3.89. The molecule has 0 bridgehead atoms. The van der Waals surface area contributed by atoms with E-state index in [1.165, 1.54) is 18.2 Å². The van der Waals surface area contributed by atoms with E-state index in [-0.39, 0.29) is 35.7 Å². The van der Waals surface area contributed by atoms with Crippen molar-refractivity contribution in [3.05, 3.63) is 47.5 Å². The molecule has 3 rings (SSSR count). The van der Waals surface area contributed by atoms with Crippen LogP contribution in [-0.2, 0) is 6.54 Å². The molecule has 0 amide bonds. The highest BCUT2D eigenvalue weighted by Crippen LogP contribution is 2.38. The fourth-order valence-corrected chi connectivity index (χ4v) is 3.77. The number of nitrogens with zero attached hydrogens (tertiary/aromatic N) is 2. The standard InChI is InChI=1S/C23H30F2N4O3.HI/c1-5-32-22-19(30-3)11-15(12-20(22)31-4)13-27-23(26-2)28-16-9-10-29(14-16)21-17(24)7-6-8-18(21)25;/h6-8,11-12,16H,5,9-10,13-14H2,1-4H3,(H2,26,27,28);1H. The van der Waals surface area contributed by atoms with Crippen molar-refractivity contribution in [3.8, 4) is 17.2 Å². The molecule has 1 unspecified atom stereocenters. The minimum Gasteiger partial charge on any atom is -0.493 e. The van der Waals surface area contributed by atoms with E-state index in [1.807, 2.05) is 19.1 Å². The lowest BCUT2D eigenvalue weighted by atomic mass is 10.1. The zero-order chi connectivity index (χ0) is 23.1. The van der Waals surface area contributed by atoms with Crippen LogP contribution in [0.4, 0.5) is 14.5 Å². The van der Waals surface area contributed by atoms with Crippen LogP contribution in [0.3, 0.4) is 0 Å². The van der Waals surface area contributed by atoms with E-state index in [1.54, 1.807) is 26.2 Å². The van der Waals surface area contributed by atoms with Crippen LogP contribution in [0.5, 0.6) is 17.2 Å². The number of methoxy groups -OCH3 is 2. The second-order valence-electron chi connectivity index (χ2n) is 7.33. The lowest BCUT2D eigenvalue weighted by Gasteiger charge is -2.21. The maximum atomic E-state index is 14.1. The Bertz CT molecular complexity index is 916. The number of halogens is 3. The number of hydrogen-bond acceptors (Lipinski definition) is 5. The summed E-state index contributed by atoms with van der Waals surface area (Å²) < 4.78 is 44.7. The smallest absolute Gasteiger partial charge is 0.203 e. The van der Waals surface area contributed by atoms with Crippen LogP contribution in [0.25, 0.3) is 0 Å². The second-order valence-corrected chi connectivity index (χ2v) is 7.33. The molecule has 182 valence electrons. The molecule has 7 nitrogen and oxygen atoms in total. The third kappa shape index (κ3) is 6.52. The number of aliphatic imine (C=N–C) groups is 1. The maximum Gasteiger partial charge on any atom is 0.203 e. The van der Waals surface area contributed by atoms with Crippen molar-refractivity contribution in [2.45, 2.75) is 25.9 Å². The van der Waals surface area contributed by atoms with E-state index in [2.05, 4.69) is 15.6 Å². The first kappa shape index (κ1) is 26.7. The Morgan fingerprint density at radius 3 is 2.33 bits per heavy atom. The van der Waals surface area contributed by atoms with Crippen LogP contribution >= 0.6 is 24.0 Å². The molecule has 1 aliphatic heterocycles. The van der Waals surface area contributed by atoms with Crippen molar-refractivity contribution >= 4 is 35.6 Å². The molecule has 1 saturated heterocycles. The highest BCUT2D eigenvalue weighted by Gasteiger charge is 2.27. The number of nitrogens with one attached hydrogen (secondary N) is 2. The van der Waals surface area contributed by atoms with Gasteiger partial charge >= 0.3 is 0 Å². The molecule has 1 aliphatic rings. The summed E-state index contributed by atoms with van der Waals surface area (Å²) >= 11 is 0. The van der Waals surface area contributed by atoms with Gasteiger partial charge < -0.3 is 29.7 Å². The van der Waals surface area contributed by atoms with Crippen LogP contribution < -0.4 is 29.7 Å². The third-order valence-electron chi connectivity index (χ3n) is 5.28. The molecular formula is C23H31F2IN4O3. The average Bonchev–Trinajstić information content (AvgIpc) is 3.25. The second kappa shape index (κ2) is 12.7. The molecule has 1 atom stereocenters. The van der Waals surface area contributed by atoms with Gasteiger partial charge in [0.25, 0.3) is 0 Å². The van der Waals surface area contributed by atoms with Crippen molar-refractivity contribution < 1.29 is 23.0 Å². The van der Waals surface area contributed by atoms with E-state index in [9.17, 15) is 8.78 Å². The van der Waals surface area contributed by atoms with Crippen molar-refractivity contribution in [2.75, 3.05) is 45.9 Å². The Hall–Kier alpha value is -2.50. The molecule has 1 fully saturated rings. The number of ether oxygens (including phenoxy) is 3. The third-order valence-corrected chi connectivity index (χ3v) is 5.28. The summed E-state index contributed by atoms with van der Waals surface area (Å²) in [4.78, 5) is 5.99. The Morgan fingerprint density at radius 1 is 1.15 bits per heavy atom. The normalized spacial score (nSPS) is 15.6. The average molecular weight is 576 g/mol. The number of benzene rings is 2. The fraction of sp³-hybridized carbons (Fsp3) is 0.435. The monoisotopic (exact) mass is 576 g/mol. The van der Waals surface area contributed by atoms with E-state index in [0.29, 0.717) is 49.4 Å². The molecule has 0 saturated carbocycles. The molecule has 0 aromatic heterocycles. The molecule has 0 radical (unpaired) electrons. The van der Waals surface area contributed by atoms with Gasteiger partial charge in [0.1, 0.15) is 17.3 Å². The molecule has 1 heterocycles. The van der Waals surface area contributed by atoms with Gasteiger partial charge in [-0.15, -0.1) is 24.0 Å². The Balaban J connectivity index is 0.00000385. The molecule has 0 spiro atoms. The minimum atomic E-state index is -0.549. The molecule has 2 aromatic carbocycles. The van der Waals surface area contributed by atoms with Gasteiger partial charge in [0.15, 0.2) is 17.5 Å². The van der Waals surface area contributed by atoms with E-state index < -0.39 is 11.6 Å². The highest BCUT2D eigenvalue weighted by molar-refractivity contribution is 14.0. The molecule has 0 aliphatic carbocycles. The summed E-state index contributed by atoms with van der Waals surface area (Å²) in [7, 11) is 4.84. The van der Waals surface area contributed by atoms with E-state index in [0.717, 1.165) is 12.0 Å². The molecule has 2 N–H and O–H groups in total. The molecular weight excluding hydrogens is 545 g/mol. The van der Waals surface area contributed by atoms with Crippen molar-refractivity contribution in [3.63, 3.8) is 0 Å². The number of anilines is 1. The van der Waals surface area contributed by atoms with Crippen LogP contribution in [0.15, 0.2) is 35.3 Å². The summed E-state index contributed by atoms with van der Waals surface area (Å²) in [6, 6.07) is 7.69. The predicted octanol–water partition coefficient (Wildman–Crippen LogP) is 3.94. The topological polar surface area (TPSA) is 67.4 Å². The predicted molar refractivity (Wildman–Crippen MR) is 136 cm³/mol. The lowest BCUT2D eigenvalue weighted by Crippen LogP contribution is -2.44. The first-order valence-corrected chi connectivity index (χ1v) is 10.5. The first-order chi connectivity index (χ1) is 15.5. The van der Waals surface area contributed by atoms with Crippen LogP contribution in [-0.4, -0.2) is 53.0 Å². The minimum absolute atomic E-state index is 0. The van der Waals surface area contributed by atoms with Crippen LogP contribution in [0, 0.1) is 11.6 Å². The number of hydrogen-bond donors (Lipinski definition) is 2. The summed E-state index contributed by atoms with van der Waals surface area (Å²) in [6.07, 6.45) is 0.735. The van der Waals surface area contributed by atoms with Crippen molar-refractivity contribution in [1.82, 2.24) is 10.6 Å². The van der Waals surface area contributed by atoms with Gasteiger partial charge in [0, 0.05) is 32.7 Å². The first-order valence-electron chi connectivity index (χ1n) is 10.5. The van der Waals surface area contributed by atoms with Gasteiger partial charge in [-0.1, -0.05) is 6.07 Å². The zero-order valence-corrected chi connectivity index (χ0v) is 21.6. The number of guanidine groups is 1. The summed E-state index contributed by atoms with van der Waals surface area (Å²) in [5.74, 6) is 1.24. The van der Waals surface area contributed by atoms with Gasteiger partial charge in [0.05, 0.1) is 20.8 Å². The van der Waals surface area contributed by atoms with Gasteiger partial charge in [-0.3, -0.25) is 4.99 Å². The molecule has 2 aromatic rings. The Kier molecular flexibility index (Phi) is 10.3. The summed E-state index contributed by atoms with van der Waals surface area (Å²) in [5, 5.41) is 6.59. The van der Waals surface area contributed by atoms with E-state index >= 15 is 0 Å². The van der Waals surface area contributed by atoms with Crippen molar-refractivity contribution in [1.29, 1.82) is 0 Å². The Labute approximate surface area is 210 Å². The number of rotatable bonds is 8. The molecule has 10 heteroatoms. The van der Waals surface area contributed by atoms with Gasteiger partial charge in [-0.05, 0) is 43.2 Å². The summed E-state index contributed by atoms with van der Waals surface area (Å²) in [5.41, 5.74) is 0.944. The quantitative estimate of drug-likeness (QED) is 0.282. The maximum absolute atomic E-state index is 14.1. The van der Waals surface area contributed by atoms with E-state index in [4.69, 9.17) is 14.2 Å². The Morgan fingerprint density at radius 2 is 1.79 bits per heavy atom. The fourth-order valence-electron chi connectivity index (χ4n) is 3.77. The van der Waals surface area contributed by atoms with Gasteiger partial charge in [-0.2, -0.15) is 0 Å².